The predicted molar refractivity (Wildman–Crippen MR) is 120 cm³/mol. The summed E-state index contributed by atoms with van der Waals surface area (Å²) in [5.74, 6) is 2.08. The molecule has 0 aliphatic rings. The van der Waals surface area contributed by atoms with Gasteiger partial charge in [-0.1, -0.05) is 48.2 Å². The lowest BCUT2D eigenvalue weighted by Gasteiger charge is -2.10. The predicted octanol–water partition coefficient (Wildman–Crippen LogP) is 4.63. The fraction of sp³-hybridized carbons (Fsp3) is 0.318. The van der Waals surface area contributed by atoms with E-state index in [1.807, 2.05) is 29.7 Å². The van der Waals surface area contributed by atoms with Gasteiger partial charge in [0.25, 0.3) is 0 Å². The lowest BCUT2D eigenvalue weighted by Crippen LogP contribution is -2.08. The Morgan fingerprint density at radius 3 is 2.66 bits per heavy atom. The SMILES string of the molecule is Cn1cc(CCCSc2nnc(Cc3cccs3)n2CCc2ccccc2)cn1. The molecule has 4 aromatic rings. The highest BCUT2D eigenvalue weighted by molar-refractivity contribution is 7.99. The lowest BCUT2D eigenvalue weighted by molar-refractivity contribution is 0.610. The molecule has 29 heavy (non-hydrogen) atoms. The van der Waals surface area contributed by atoms with Crippen LogP contribution in [0.2, 0.25) is 0 Å². The van der Waals surface area contributed by atoms with Gasteiger partial charge in [0.1, 0.15) is 5.82 Å². The quantitative estimate of drug-likeness (QED) is 0.276. The maximum atomic E-state index is 4.53. The van der Waals surface area contributed by atoms with Crippen LogP contribution in [0.1, 0.15) is 28.2 Å². The zero-order chi connectivity index (χ0) is 19.9. The molecule has 3 heterocycles. The van der Waals surface area contributed by atoms with E-state index in [0.29, 0.717) is 0 Å². The Labute approximate surface area is 179 Å². The molecule has 0 N–H and O–H groups in total. The molecule has 0 amide bonds. The van der Waals surface area contributed by atoms with Crippen molar-refractivity contribution in [1.82, 2.24) is 24.5 Å². The average molecular weight is 424 g/mol. The van der Waals surface area contributed by atoms with Crippen LogP contribution in [0.4, 0.5) is 0 Å². The summed E-state index contributed by atoms with van der Waals surface area (Å²) in [7, 11) is 1.96. The Morgan fingerprint density at radius 1 is 1.00 bits per heavy atom. The van der Waals surface area contributed by atoms with Crippen molar-refractivity contribution in [2.24, 2.45) is 7.05 Å². The third-order valence-electron chi connectivity index (χ3n) is 4.77. The molecule has 4 rings (SSSR count). The molecule has 0 saturated heterocycles. The molecule has 7 heteroatoms. The van der Waals surface area contributed by atoms with Crippen LogP contribution in [0.5, 0.6) is 0 Å². The highest BCUT2D eigenvalue weighted by Gasteiger charge is 2.14. The molecule has 3 aromatic heterocycles. The molecule has 0 saturated carbocycles. The minimum Gasteiger partial charge on any atom is -0.305 e. The van der Waals surface area contributed by atoms with Gasteiger partial charge in [0.2, 0.25) is 0 Å². The van der Waals surface area contributed by atoms with Crippen LogP contribution in [-0.4, -0.2) is 30.3 Å². The van der Waals surface area contributed by atoms with Crippen LogP contribution in [-0.2, 0) is 32.9 Å². The highest BCUT2D eigenvalue weighted by atomic mass is 32.2. The average Bonchev–Trinajstić information content (AvgIpc) is 3.48. The van der Waals surface area contributed by atoms with Gasteiger partial charge in [-0.25, -0.2) is 0 Å². The molecule has 0 fully saturated rings. The number of hydrogen-bond donors (Lipinski definition) is 0. The van der Waals surface area contributed by atoms with Crippen molar-refractivity contribution in [2.75, 3.05) is 5.75 Å². The van der Waals surface area contributed by atoms with Gasteiger partial charge >= 0.3 is 0 Å². The zero-order valence-corrected chi connectivity index (χ0v) is 18.2. The maximum absolute atomic E-state index is 4.53. The molecular weight excluding hydrogens is 398 g/mol. The third kappa shape index (κ3) is 5.58. The molecular formula is C22H25N5S2. The summed E-state index contributed by atoms with van der Waals surface area (Å²) < 4.78 is 4.17. The summed E-state index contributed by atoms with van der Waals surface area (Å²) in [5.41, 5.74) is 2.63. The second-order valence-electron chi connectivity index (χ2n) is 7.02. The number of hydrogen-bond acceptors (Lipinski definition) is 5. The first-order valence-electron chi connectivity index (χ1n) is 9.86. The molecule has 0 radical (unpaired) electrons. The standard InChI is InChI=1S/C22H25N5S2/c1-26-17-19(16-23-26)9-5-14-29-22-25-24-21(15-20-10-6-13-28-20)27(22)12-11-18-7-3-2-4-8-18/h2-4,6-8,10,13,16-17H,5,9,11-12,14-15H2,1H3. The van der Waals surface area contributed by atoms with Gasteiger partial charge < -0.3 is 4.57 Å². The number of thioether (sulfide) groups is 1. The first kappa shape index (κ1) is 19.9. The van der Waals surface area contributed by atoms with E-state index in [1.54, 1.807) is 11.3 Å². The van der Waals surface area contributed by atoms with Gasteiger partial charge in [-0.2, -0.15) is 5.10 Å². The fourth-order valence-corrected chi connectivity index (χ4v) is 4.90. The van der Waals surface area contributed by atoms with Crippen LogP contribution in [0.15, 0.2) is 65.4 Å². The Kier molecular flexibility index (Phi) is 6.79. The van der Waals surface area contributed by atoms with E-state index >= 15 is 0 Å². The van der Waals surface area contributed by atoms with Crippen LogP contribution in [0.25, 0.3) is 0 Å². The topological polar surface area (TPSA) is 48.5 Å². The highest BCUT2D eigenvalue weighted by Crippen LogP contribution is 2.22. The minimum absolute atomic E-state index is 0.843. The minimum atomic E-state index is 0.843. The van der Waals surface area contributed by atoms with Crippen molar-refractivity contribution < 1.29 is 0 Å². The number of thiophene rings is 1. The molecule has 0 unspecified atom stereocenters. The third-order valence-corrected chi connectivity index (χ3v) is 6.70. The van der Waals surface area contributed by atoms with Gasteiger partial charge in [0, 0.05) is 36.8 Å². The lowest BCUT2D eigenvalue weighted by atomic mass is 10.1. The Bertz CT molecular complexity index is 1010. The first-order chi connectivity index (χ1) is 14.3. The summed E-state index contributed by atoms with van der Waals surface area (Å²) in [4.78, 5) is 1.33. The Hall–Kier alpha value is -2.38. The van der Waals surface area contributed by atoms with Gasteiger partial charge in [0.05, 0.1) is 6.20 Å². The van der Waals surface area contributed by atoms with E-state index in [-0.39, 0.29) is 0 Å². The van der Waals surface area contributed by atoms with Crippen molar-refractivity contribution in [3.8, 4) is 0 Å². The summed E-state index contributed by atoms with van der Waals surface area (Å²) >= 11 is 3.58. The summed E-state index contributed by atoms with van der Waals surface area (Å²) in [5, 5.41) is 16.4. The summed E-state index contributed by atoms with van der Waals surface area (Å²) in [6, 6.07) is 14.9. The number of nitrogens with zero attached hydrogens (tertiary/aromatic N) is 5. The van der Waals surface area contributed by atoms with Crippen LogP contribution >= 0.6 is 23.1 Å². The van der Waals surface area contributed by atoms with E-state index < -0.39 is 0 Å². The first-order valence-corrected chi connectivity index (χ1v) is 11.7. The van der Waals surface area contributed by atoms with Gasteiger partial charge in [-0.15, -0.1) is 21.5 Å². The summed E-state index contributed by atoms with van der Waals surface area (Å²) in [6.45, 7) is 0.905. The number of rotatable bonds is 10. The van der Waals surface area contributed by atoms with Gasteiger partial charge in [0.15, 0.2) is 5.16 Å². The number of benzene rings is 1. The number of aromatic nitrogens is 5. The van der Waals surface area contributed by atoms with E-state index in [4.69, 9.17) is 0 Å². The molecule has 0 atom stereocenters. The van der Waals surface area contributed by atoms with Crippen molar-refractivity contribution >= 4 is 23.1 Å². The van der Waals surface area contributed by atoms with Crippen molar-refractivity contribution in [3.05, 3.63) is 82.1 Å². The van der Waals surface area contributed by atoms with Crippen molar-refractivity contribution in [1.29, 1.82) is 0 Å². The van der Waals surface area contributed by atoms with E-state index in [9.17, 15) is 0 Å². The molecule has 5 nitrogen and oxygen atoms in total. The van der Waals surface area contributed by atoms with Crippen LogP contribution in [0, 0.1) is 0 Å². The fourth-order valence-electron chi connectivity index (χ4n) is 3.28. The molecule has 0 bridgehead atoms. The Morgan fingerprint density at radius 2 is 1.90 bits per heavy atom. The zero-order valence-electron chi connectivity index (χ0n) is 16.6. The molecule has 0 aliphatic carbocycles. The van der Waals surface area contributed by atoms with E-state index in [0.717, 1.165) is 49.0 Å². The maximum Gasteiger partial charge on any atom is 0.191 e. The van der Waals surface area contributed by atoms with Crippen LogP contribution in [0.3, 0.4) is 0 Å². The van der Waals surface area contributed by atoms with E-state index in [2.05, 4.69) is 73.9 Å². The largest absolute Gasteiger partial charge is 0.305 e. The van der Waals surface area contributed by atoms with Crippen molar-refractivity contribution in [3.63, 3.8) is 0 Å². The smallest absolute Gasteiger partial charge is 0.191 e. The normalized spacial score (nSPS) is 11.2. The molecule has 1 aromatic carbocycles. The second kappa shape index (κ2) is 9.89. The molecule has 150 valence electrons. The van der Waals surface area contributed by atoms with E-state index in [1.165, 1.54) is 16.0 Å². The summed E-state index contributed by atoms with van der Waals surface area (Å²) in [6.07, 6.45) is 8.01. The number of aryl methyl sites for hydroxylation is 3. The Balaban J connectivity index is 1.41. The molecule has 0 spiro atoms. The second-order valence-corrected chi connectivity index (χ2v) is 9.11. The molecule has 0 aliphatic heterocycles. The monoisotopic (exact) mass is 423 g/mol. The van der Waals surface area contributed by atoms with Gasteiger partial charge in [-0.05, 0) is 41.8 Å². The van der Waals surface area contributed by atoms with Crippen LogP contribution < -0.4 is 0 Å². The van der Waals surface area contributed by atoms with Gasteiger partial charge in [-0.3, -0.25) is 4.68 Å². The van der Waals surface area contributed by atoms with Crippen molar-refractivity contribution in [2.45, 2.75) is 37.4 Å².